The van der Waals surface area contributed by atoms with E-state index in [0.29, 0.717) is 48.1 Å². The second-order valence-electron chi connectivity index (χ2n) is 7.69. The van der Waals surface area contributed by atoms with Crippen LogP contribution in [0.1, 0.15) is 11.3 Å². The maximum absolute atomic E-state index is 12.9. The van der Waals surface area contributed by atoms with E-state index in [0.717, 1.165) is 11.4 Å². The summed E-state index contributed by atoms with van der Waals surface area (Å²) >= 11 is 6.00. The molecule has 10 heteroatoms. The molecule has 0 bridgehead atoms. The van der Waals surface area contributed by atoms with Crippen molar-refractivity contribution in [3.63, 3.8) is 0 Å². The van der Waals surface area contributed by atoms with E-state index in [9.17, 15) is 13.2 Å². The first-order chi connectivity index (χ1) is 15.9. The Hall–Kier alpha value is -2.95. The van der Waals surface area contributed by atoms with Gasteiger partial charge in [0.15, 0.2) is 0 Å². The standard InChI is InChI=1S/C23H21ClN4O4S/c24-16-3-5-17(6-4-16)28-9-1-2-18(28)14-21-20-15-19(7-8-22(20)25-23(21)29)33(30,31)26-27-10-12-32-13-11-27/h1-9,14-15,26H,10-13H2,(H,25,29). The minimum absolute atomic E-state index is 0.0863. The molecule has 0 aliphatic carbocycles. The first-order valence-electron chi connectivity index (χ1n) is 10.4. The highest BCUT2D eigenvalue weighted by atomic mass is 35.5. The number of fused-ring (bicyclic) bond motifs is 1. The van der Waals surface area contributed by atoms with Gasteiger partial charge in [0.25, 0.3) is 15.9 Å². The Morgan fingerprint density at radius 3 is 2.58 bits per heavy atom. The number of amides is 1. The minimum atomic E-state index is -3.80. The molecule has 2 aliphatic heterocycles. The quantitative estimate of drug-likeness (QED) is 0.543. The van der Waals surface area contributed by atoms with Crippen LogP contribution in [0.4, 0.5) is 5.69 Å². The second-order valence-corrected chi connectivity index (χ2v) is 9.79. The van der Waals surface area contributed by atoms with Gasteiger partial charge in [0.05, 0.1) is 23.7 Å². The van der Waals surface area contributed by atoms with Gasteiger partial charge in [-0.15, -0.1) is 4.83 Å². The van der Waals surface area contributed by atoms with Crippen molar-refractivity contribution in [2.24, 2.45) is 0 Å². The predicted molar refractivity (Wildman–Crippen MR) is 126 cm³/mol. The van der Waals surface area contributed by atoms with E-state index in [1.54, 1.807) is 29.3 Å². The number of nitrogens with zero attached hydrogens (tertiary/aromatic N) is 2. The predicted octanol–water partition coefficient (Wildman–Crippen LogP) is 3.15. The van der Waals surface area contributed by atoms with Crippen LogP contribution in [-0.2, 0) is 19.6 Å². The van der Waals surface area contributed by atoms with E-state index >= 15 is 0 Å². The van der Waals surface area contributed by atoms with Gasteiger partial charge in [0, 0.05) is 46.9 Å². The highest BCUT2D eigenvalue weighted by Crippen LogP contribution is 2.35. The summed E-state index contributed by atoms with van der Waals surface area (Å²) < 4.78 is 33.1. The highest BCUT2D eigenvalue weighted by molar-refractivity contribution is 7.89. The molecule has 2 N–H and O–H groups in total. The maximum Gasteiger partial charge on any atom is 0.256 e. The maximum atomic E-state index is 12.9. The number of nitrogens with one attached hydrogen (secondary N) is 2. The molecule has 1 amide bonds. The van der Waals surface area contributed by atoms with E-state index < -0.39 is 10.0 Å². The first kappa shape index (κ1) is 21.9. The van der Waals surface area contributed by atoms with Crippen LogP contribution in [0.2, 0.25) is 5.02 Å². The molecule has 0 spiro atoms. The summed E-state index contributed by atoms with van der Waals surface area (Å²) in [4.78, 5) is 15.4. The molecule has 1 fully saturated rings. The minimum Gasteiger partial charge on any atom is -0.379 e. The number of benzene rings is 2. The number of aromatic nitrogens is 1. The van der Waals surface area contributed by atoms with Crippen LogP contribution >= 0.6 is 11.6 Å². The summed E-state index contributed by atoms with van der Waals surface area (Å²) in [6, 6.07) is 15.7. The van der Waals surface area contributed by atoms with Crippen LogP contribution in [0.25, 0.3) is 17.3 Å². The molecule has 33 heavy (non-hydrogen) atoms. The van der Waals surface area contributed by atoms with Gasteiger partial charge in [-0.25, -0.2) is 13.4 Å². The molecule has 3 aromatic rings. The van der Waals surface area contributed by atoms with Gasteiger partial charge in [-0.05, 0) is 60.7 Å². The summed E-state index contributed by atoms with van der Waals surface area (Å²) in [6.45, 7) is 1.87. The van der Waals surface area contributed by atoms with Crippen molar-refractivity contribution in [2.45, 2.75) is 4.90 Å². The second kappa shape index (κ2) is 8.77. The molecule has 0 unspecified atom stereocenters. The van der Waals surface area contributed by atoms with Gasteiger partial charge in [-0.1, -0.05) is 11.6 Å². The molecular formula is C23H21ClN4O4S. The summed E-state index contributed by atoms with van der Waals surface area (Å²) in [7, 11) is -3.80. The van der Waals surface area contributed by atoms with E-state index in [1.165, 1.54) is 12.1 Å². The third kappa shape index (κ3) is 4.46. The number of carbonyl (C=O) groups is 1. The van der Waals surface area contributed by atoms with E-state index in [-0.39, 0.29) is 10.8 Å². The zero-order valence-electron chi connectivity index (χ0n) is 17.5. The van der Waals surface area contributed by atoms with Gasteiger partial charge in [-0.3, -0.25) is 4.79 Å². The molecule has 1 aromatic heterocycles. The molecule has 1 saturated heterocycles. The average Bonchev–Trinajstić information content (AvgIpc) is 3.39. The van der Waals surface area contributed by atoms with Crippen molar-refractivity contribution in [2.75, 3.05) is 31.6 Å². The lowest BCUT2D eigenvalue weighted by Crippen LogP contribution is -2.48. The molecule has 2 aromatic carbocycles. The Labute approximate surface area is 196 Å². The Morgan fingerprint density at radius 1 is 1.06 bits per heavy atom. The molecule has 8 nitrogen and oxygen atoms in total. The van der Waals surface area contributed by atoms with Gasteiger partial charge in [-0.2, -0.15) is 0 Å². The number of hydrazine groups is 1. The van der Waals surface area contributed by atoms with Gasteiger partial charge in [0.2, 0.25) is 0 Å². The van der Waals surface area contributed by atoms with Crippen molar-refractivity contribution >= 4 is 44.9 Å². The summed E-state index contributed by atoms with van der Waals surface area (Å²) in [5, 5.41) is 5.06. The average molecular weight is 485 g/mol. The number of rotatable bonds is 5. The van der Waals surface area contributed by atoms with Crippen LogP contribution in [0.15, 0.2) is 65.7 Å². The third-order valence-electron chi connectivity index (χ3n) is 5.52. The van der Waals surface area contributed by atoms with E-state index in [1.807, 2.05) is 35.0 Å². The molecule has 3 heterocycles. The van der Waals surface area contributed by atoms with Crippen LogP contribution < -0.4 is 10.1 Å². The van der Waals surface area contributed by atoms with E-state index in [2.05, 4.69) is 10.1 Å². The van der Waals surface area contributed by atoms with Crippen molar-refractivity contribution in [1.29, 1.82) is 0 Å². The molecule has 2 aliphatic rings. The van der Waals surface area contributed by atoms with Gasteiger partial charge >= 0.3 is 0 Å². The topological polar surface area (TPSA) is 92.7 Å². The third-order valence-corrected chi connectivity index (χ3v) is 7.15. The van der Waals surface area contributed by atoms with Gasteiger partial charge in [0.1, 0.15) is 0 Å². The number of carbonyl (C=O) groups excluding carboxylic acids is 1. The zero-order chi connectivity index (χ0) is 23.0. The van der Waals surface area contributed by atoms with Crippen molar-refractivity contribution < 1.29 is 17.9 Å². The number of hydrogen-bond donors (Lipinski definition) is 2. The van der Waals surface area contributed by atoms with Crippen LogP contribution in [0.5, 0.6) is 0 Å². The van der Waals surface area contributed by atoms with Crippen LogP contribution in [0, 0.1) is 0 Å². The Balaban J connectivity index is 1.49. The number of morpholine rings is 1. The highest BCUT2D eigenvalue weighted by Gasteiger charge is 2.28. The molecule has 5 rings (SSSR count). The SMILES string of the molecule is O=C1Nc2ccc(S(=O)(=O)NN3CCOCC3)cc2C1=Cc1cccn1-c1ccc(Cl)cc1. The largest absolute Gasteiger partial charge is 0.379 e. The van der Waals surface area contributed by atoms with E-state index in [4.69, 9.17) is 16.3 Å². The first-order valence-corrected chi connectivity index (χ1v) is 12.2. The summed E-state index contributed by atoms with van der Waals surface area (Å²) in [5.74, 6) is -0.287. The summed E-state index contributed by atoms with van der Waals surface area (Å²) in [5.41, 5.74) is 3.16. The van der Waals surface area contributed by atoms with Crippen molar-refractivity contribution in [3.8, 4) is 5.69 Å². The van der Waals surface area contributed by atoms with Gasteiger partial charge < -0.3 is 14.6 Å². The molecule has 0 saturated carbocycles. The van der Waals surface area contributed by atoms with Crippen molar-refractivity contribution in [1.82, 2.24) is 14.4 Å². The number of hydrogen-bond acceptors (Lipinski definition) is 5. The normalized spacial score (nSPS) is 17.8. The Kier molecular flexibility index (Phi) is 5.81. The molecule has 170 valence electrons. The fourth-order valence-corrected chi connectivity index (χ4v) is 5.13. The van der Waals surface area contributed by atoms with Crippen molar-refractivity contribution in [3.05, 3.63) is 77.1 Å². The smallest absolute Gasteiger partial charge is 0.256 e. The fraction of sp³-hybridized carbons (Fsp3) is 0.174. The van der Waals surface area contributed by atoms with Crippen LogP contribution in [0.3, 0.4) is 0 Å². The van der Waals surface area contributed by atoms with Crippen LogP contribution in [-0.4, -0.2) is 50.2 Å². The lowest BCUT2D eigenvalue weighted by Gasteiger charge is -2.26. The fourth-order valence-electron chi connectivity index (χ4n) is 3.85. The Morgan fingerprint density at radius 2 is 1.82 bits per heavy atom. The monoisotopic (exact) mass is 484 g/mol. The number of halogens is 1. The zero-order valence-corrected chi connectivity index (χ0v) is 19.1. The Bertz CT molecular complexity index is 1340. The number of anilines is 1. The molecular weight excluding hydrogens is 464 g/mol. The lowest BCUT2D eigenvalue weighted by atomic mass is 10.1. The molecule has 0 radical (unpaired) electrons. The molecule has 0 atom stereocenters. The number of ether oxygens (including phenoxy) is 1. The number of sulfonamides is 1. The lowest BCUT2D eigenvalue weighted by molar-refractivity contribution is -0.110. The summed E-state index contributed by atoms with van der Waals surface area (Å²) in [6.07, 6.45) is 3.64.